The molecule has 76 valence electrons. The summed E-state index contributed by atoms with van der Waals surface area (Å²) < 4.78 is 0. The first-order valence-corrected chi connectivity index (χ1v) is 5.25. The molecule has 2 atom stereocenters. The standard InChI is InChI=1S/C10H20N2O/c1-9(13,8-2-5-12-6-8)10(7-11)3-4-10/h8,12-13H,2-7,11H2,1H3. The fourth-order valence-electron chi connectivity index (χ4n) is 2.64. The average Bonchev–Trinajstić information content (AvgIpc) is 2.72. The van der Waals surface area contributed by atoms with E-state index in [1.165, 1.54) is 0 Å². The zero-order chi connectivity index (χ0) is 9.53. The number of nitrogens with one attached hydrogen (secondary N) is 1. The molecule has 13 heavy (non-hydrogen) atoms. The van der Waals surface area contributed by atoms with Crippen LogP contribution in [-0.4, -0.2) is 30.3 Å². The molecule has 1 heterocycles. The first kappa shape index (κ1) is 9.44. The van der Waals surface area contributed by atoms with Gasteiger partial charge in [-0.1, -0.05) is 0 Å². The zero-order valence-electron chi connectivity index (χ0n) is 8.34. The summed E-state index contributed by atoms with van der Waals surface area (Å²) in [5, 5.41) is 13.8. The van der Waals surface area contributed by atoms with Crippen molar-refractivity contribution >= 4 is 0 Å². The molecule has 1 saturated carbocycles. The summed E-state index contributed by atoms with van der Waals surface area (Å²) in [5.41, 5.74) is 5.24. The number of aliphatic hydroxyl groups is 1. The molecule has 0 amide bonds. The maximum atomic E-state index is 10.5. The lowest BCUT2D eigenvalue weighted by atomic mass is 9.75. The quantitative estimate of drug-likeness (QED) is 0.582. The molecule has 1 aliphatic heterocycles. The lowest BCUT2D eigenvalue weighted by Crippen LogP contribution is -2.48. The van der Waals surface area contributed by atoms with Crippen molar-refractivity contribution in [3.63, 3.8) is 0 Å². The number of nitrogens with two attached hydrogens (primary N) is 1. The predicted octanol–water partition coefficient (Wildman–Crippen LogP) is 0.0858. The maximum Gasteiger partial charge on any atom is 0.0728 e. The summed E-state index contributed by atoms with van der Waals surface area (Å²) >= 11 is 0. The molecule has 1 saturated heterocycles. The van der Waals surface area contributed by atoms with Crippen molar-refractivity contribution in [2.45, 2.75) is 31.8 Å². The first-order chi connectivity index (χ1) is 6.12. The average molecular weight is 184 g/mol. The Morgan fingerprint density at radius 1 is 1.62 bits per heavy atom. The smallest absolute Gasteiger partial charge is 0.0728 e. The highest BCUT2D eigenvalue weighted by Crippen LogP contribution is 2.56. The Morgan fingerprint density at radius 3 is 2.69 bits per heavy atom. The van der Waals surface area contributed by atoms with Crippen LogP contribution in [0.3, 0.4) is 0 Å². The van der Waals surface area contributed by atoms with Crippen molar-refractivity contribution in [1.82, 2.24) is 5.32 Å². The Hall–Kier alpha value is -0.120. The molecule has 2 rings (SSSR count). The molecule has 0 aromatic rings. The molecule has 2 fully saturated rings. The number of hydrogen-bond donors (Lipinski definition) is 3. The second kappa shape index (κ2) is 2.94. The van der Waals surface area contributed by atoms with Crippen LogP contribution >= 0.6 is 0 Å². The molecule has 0 spiro atoms. The fourth-order valence-corrected chi connectivity index (χ4v) is 2.64. The van der Waals surface area contributed by atoms with E-state index in [9.17, 15) is 5.11 Å². The lowest BCUT2D eigenvalue weighted by Gasteiger charge is -2.37. The van der Waals surface area contributed by atoms with E-state index < -0.39 is 5.60 Å². The van der Waals surface area contributed by atoms with E-state index in [-0.39, 0.29) is 5.41 Å². The largest absolute Gasteiger partial charge is 0.389 e. The van der Waals surface area contributed by atoms with Gasteiger partial charge in [-0.15, -0.1) is 0 Å². The van der Waals surface area contributed by atoms with Crippen molar-refractivity contribution in [3.05, 3.63) is 0 Å². The van der Waals surface area contributed by atoms with Gasteiger partial charge >= 0.3 is 0 Å². The van der Waals surface area contributed by atoms with Crippen molar-refractivity contribution < 1.29 is 5.11 Å². The van der Waals surface area contributed by atoms with Crippen molar-refractivity contribution in [2.24, 2.45) is 17.1 Å². The van der Waals surface area contributed by atoms with Gasteiger partial charge in [-0.05, 0) is 32.7 Å². The Morgan fingerprint density at radius 2 is 2.31 bits per heavy atom. The van der Waals surface area contributed by atoms with Crippen LogP contribution in [0, 0.1) is 11.3 Å². The molecule has 0 aromatic carbocycles. The fraction of sp³-hybridized carbons (Fsp3) is 1.00. The van der Waals surface area contributed by atoms with Gasteiger partial charge in [0.25, 0.3) is 0 Å². The van der Waals surface area contributed by atoms with E-state index in [1.807, 2.05) is 6.92 Å². The molecule has 3 nitrogen and oxygen atoms in total. The molecule has 2 unspecified atom stereocenters. The molecule has 4 N–H and O–H groups in total. The molecular weight excluding hydrogens is 164 g/mol. The second-order valence-corrected chi connectivity index (χ2v) is 4.82. The summed E-state index contributed by atoms with van der Waals surface area (Å²) in [6, 6.07) is 0. The van der Waals surface area contributed by atoms with Crippen LogP contribution in [-0.2, 0) is 0 Å². The third-order valence-corrected chi connectivity index (χ3v) is 4.17. The molecule has 1 aliphatic carbocycles. The predicted molar refractivity (Wildman–Crippen MR) is 52.3 cm³/mol. The highest BCUT2D eigenvalue weighted by atomic mass is 16.3. The van der Waals surface area contributed by atoms with Crippen LogP contribution in [0.2, 0.25) is 0 Å². The SMILES string of the molecule is CC(O)(C1CCNC1)C1(CN)CC1. The van der Waals surface area contributed by atoms with Crippen molar-refractivity contribution in [3.8, 4) is 0 Å². The van der Waals surface area contributed by atoms with E-state index in [1.54, 1.807) is 0 Å². The summed E-state index contributed by atoms with van der Waals surface area (Å²) in [4.78, 5) is 0. The normalized spacial score (nSPS) is 35.8. The first-order valence-electron chi connectivity index (χ1n) is 5.25. The van der Waals surface area contributed by atoms with Gasteiger partial charge in [0.1, 0.15) is 0 Å². The van der Waals surface area contributed by atoms with Crippen molar-refractivity contribution in [1.29, 1.82) is 0 Å². The number of hydrogen-bond acceptors (Lipinski definition) is 3. The third kappa shape index (κ3) is 1.30. The zero-order valence-corrected chi connectivity index (χ0v) is 8.34. The molecular formula is C10H20N2O. The van der Waals surface area contributed by atoms with Crippen LogP contribution in [0.4, 0.5) is 0 Å². The van der Waals surface area contributed by atoms with E-state index in [4.69, 9.17) is 5.73 Å². The van der Waals surface area contributed by atoms with Crippen LogP contribution in [0.5, 0.6) is 0 Å². The third-order valence-electron chi connectivity index (χ3n) is 4.17. The van der Waals surface area contributed by atoms with E-state index in [0.29, 0.717) is 12.5 Å². The van der Waals surface area contributed by atoms with E-state index >= 15 is 0 Å². The van der Waals surface area contributed by atoms with Gasteiger partial charge in [-0.3, -0.25) is 0 Å². The van der Waals surface area contributed by atoms with Gasteiger partial charge < -0.3 is 16.2 Å². The van der Waals surface area contributed by atoms with Gasteiger partial charge in [-0.25, -0.2) is 0 Å². The van der Waals surface area contributed by atoms with E-state index in [0.717, 1.165) is 32.4 Å². The van der Waals surface area contributed by atoms with Gasteiger partial charge in [-0.2, -0.15) is 0 Å². The molecule has 0 aromatic heterocycles. The Labute approximate surface area is 79.7 Å². The second-order valence-electron chi connectivity index (χ2n) is 4.82. The minimum atomic E-state index is -0.550. The van der Waals surface area contributed by atoms with Gasteiger partial charge in [0.05, 0.1) is 5.60 Å². The molecule has 3 heteroatoms. The molecule has 0 bridgehead atoms. The Kier molecular flexibility index (Phi) is 2.13. The summed E-state index contributed by atoms with van der Waals surface area (Å²) in [6.07, 6.45) is 3.30. The molecule has 0 radical (unpaired) electrons. The van der Waals surface area contributed by atoms with Gasteiger partial charge in [0, 0.05) is 24.4 Å². The maximum absolute atomic E-state index is 10.5. The minimum Gasteiger partial charge on any atom is -0.389 e. The summed E-state index contributed by atoms with van der Waals surface area (Å²) in [5.74, 6) is 0.401. The Bertz CT molecular complexity index is 193. The van der Waals surface area contributed by atoms with Crippen molar-refractivity contribution in [2.75, 3.05) is 19.6 Å². The van der Waals surface area contributed by atoms with Gasteiger partial charge in [0.2, 0.25) is 0 Å². The van der Waals surface area contributed by atoms with Crippen LogP contribution in [0.25, 0.3) is 0 Å². The topological polar surface area (TPSA) is 58.3 Å². The van der Waals surface area contributed by atoms with Crippen LogP contribution in [0.1, 0.15) is 26.2 Å². The van der Waals surface area contributed by atoms with Crippen LogP contribution < -0.4 is 11.1 Å². The highest BCUT2D eigenvalue weighted by molar-refractivity contribution is 5.10. The molecule has 2 aliphatic rings. The Balaban J connectivity index is 2.09. The summed E-state index contributed by atoms with van der Waals surface area (Å²) in [7, 11) is 0. The monoisotopic (exact) mass is 184 g/mol. The minimum absolute atomic E-state index is 0.0453. The van der Waals surface area contributed by atoms with Crippen LogP contribution in [0.15, 0.2) is 0 Å². The summed E-state index contributed by atoms with van der Waals surface area (Å²) in [6.45, 7) is 4.61. The lowest BCUT2D eigenvalue weighted by molar-refractivity contribution is -0.0573. The number of rotatable bonds is 3. The van der Waals surface area contributed by atoms with Gasteiger partial charge in [0.15, 0.2) is 0 Å². The highest BCUT2D eigenvalue weighted by Gasteiger charge is 2.58. The van der Waals surface area contributed by atoms with E-state index in [2.05, 4.69) is 5.32 Å².